The number of hydrogen-bond acceptors (Lipinski definition) is 2. The van der Waals surface area contributed by atoms with E-state index in [0.29, 0.717) is 0 Å². The van der Waals surface area contributed by atoms with Crippen molar-refractivity contribution in [1.29, 1.82) is 0 Å². The van der Waals surface area contributed by atoms with E-state index in [1.54, 1.807) is 0 Å². The normalized spacial score (nSPS) is 11.9. The van der Waals surface area contributed by atoms with Gasteiger partial charge in [-0.15, -0.1) is 0 Å². The Hall–Kier alpha value is -5.22. The first-order valence-electron chi connectivity index (χ1n) is 15.6. The number of para-hydroxylation sites is 2. The molecule has 0 aliphatic carbocycles. The monoisotopic (exact) mass is 572 g/mol. The lowest BCUT2D eigenvalue weighted by molar-refractivity contribution is 0.559. The minimum absolute atomic E-state index is 0.0947. The van der Waals surface area contributed by atoms with E-state index in [9.17, 15) is 9.59 Å². The standard InChI is InChI=1S/C40H32N2O2/c43-39-29-15-5-3-13-27(29)21-23-33-31-17-7-9-19-35(31)41(37(33)39)25-11-1-2-12-26-42-36-20-10-8-18-32(36)34-24-22-28-14-4-6-16-30(28)40(44)38(34)42/h3-10,13-24H,1-2,11-12,25-26H2. The zero-order chi connectivity index (χ0) is 29.6. The highest BCUT2D eigenvalue weighted by atomic mass is 16.1. The Morgan fingerprint density at radius 3 is 1.20 bits per heavy atom. The highest BCUT2D eigenvalue weighted by molar-refractivity contribution is 6.10. The van der Waals surface area contributed by atoms with Crippen LogP contribution in [-0.2, 0) is 13.1 Å². The average Bonchev–Trinajstić information content (AvgIpc) is 3.44. The first-order chi connectivity index (χ1) is 21.7. The fourth-order valence-electron chi connectivity index (χ4n) is 7.15. The first kappa shape index (κ1) is 26.4. The summed E-state index contributed by atoms with van der Waals surface area (Å²) in [4.78, 5) is 27.7. The minimum Gasteiger partial charge on any atom is -0.337 e. The smallest absolute Gasteiger partial charge is 0.210 e. The van der Waals surface area contributed by atoms with E-state index in [1.165, 1.54) is 0 Å². The summed E-state index contributed by atoms with van der Waals surface area (Å²) in [6, 6.07) is 40.8. The maximum absolute atomic E-state index is 13.8. The molecule has 0 N–H and O–H groups in total. The number of aromatic nitrogens is 2. The molecule has 0 saturated carbocycles. The molecule has 0 atom stereocenters. The van der Waals surface area contributed by atoms with E-state index in [2.05, 4.69) is 69.8 Å². The van der Waals surface area contributed by atoms with Crippen molar-refractivity contribution < 1.29 is 0 Å². The molecule has 44 heavy (non-hydrogen) atoms. The second kappa shape index (κ2) is 10.8. The molecule has 0 bridgehead atoms. The molecular formula is C40H32N2O2. The third-order valence-electron chi connectivity index (χ3n) is 9.23. The van der Waals surface area contributed by atoms with Crippen LogP contribution >= 0.6 is 0 Å². The lowest BCUT2D eigenvalue weighted by Gasteiger charge is -2.09. The zero-order valence-electron chi connectivity index (χ0n) is 24.5. The molecule has 0 unspecified atom stereocenters. The van der Waals surface area contributed by atoms with E-state index in [0.717, 1.165) is 104 Å². The average molecular weight is 573 g/mol. The van der Waals surface area contributed by atoms with E-state index in [4.69, 9.17) is 0 Å². The SMILES string of the molecule is O=c1c2ccccc2ccc2c3ccccc3n(CCCCCCn3c4ccccc4c4ccc5ccccc5c(=O)c43)c12. The van der Waals surface area contributed by atoms with E-state index in [-0.39, 0.29) is 10.9 Å². The van der Waals surface area contributed by atoms with Crippen molar-refractivity contribution in [3.05, 3.63) is 142 Å². The van der Waals surface area contributed by atoms with E-state index >= 15 is 0 Å². The van der Waals surface area contributed by atoms with Gasteiger partial charge in [0.1, 0.15) is 0 Å². The Morgan fingerprint density at radius 1 is 0.364 bits per heavy atom. The summed E-state index contributed by atoms with van der Waals surface area (Å²) in [5.74, 6) is 0. The minimum atomic E-state index is 0.0947. The van der Waals surface area contributed by atoms with Crippen molar-refractivity contribution >= 4 is 65.2 Å². The third-order valence-corrected chi connectivity index (χ3v) is 9.23. The van der Waals surface area contributed by atoms with Gasteiger partial charge in [-0.05, 0) is 35.7 Å². The molecule has 4 nitrogen and oxygen atoms in total. The van der Waals surface area contributed by atoms with Crippen LogP contribution in [0.3, 0.4) is 0 Å². The van der Waals surface area contributed by atoms with Crippen LogP contribution in [0, 0.1) is 0 Å². The van der Waals surface area contributed by atoms with Crippen LogP contribution in [-0.4, -0.2) is 9.13 Å². The van der Waals surface area contributed by atoms with Crippen LogP contribution in [0.25, 0.3) is 65.2 Å². The summed E-state index contributed by atoms with van der Waals surface area (Å²) >= 11 is 0. The summed E-state index contributed by atoms with van der Waals surface area (Å²) in [5, 5.41) is 7.74. The number of aryl methyl sites for hydroxylation is 2. The van der Waals surface area contributed by atoms with Crippen molar-refractivity contribution in [2.45, 2.75) is 38.8 Å². The van der Waals surface area contributed by atoms with Gasteiger partial charge in [0.2, 0.25) is 10.9 Å². The number of fused-ring (bicyclic) bond motifs is 8. The summed E-state index contributed by atoms with van der Waals surface area (Å²) in [6.07, 6.45) is 4.03. The van der Waals surface area contributed by atoms with Crippen LogP contribution in [0.2, 0.25) is 0 Å². The van der Waals surface area contributed by atoms with Crippen molar-refractivity contribution in [1.82, 2.24) is 9.13 Å². The molecule has 2 aromatic heterocycles. The summed E-state index contributed by atoms with van der Waals surface area (Å²) in [5.41, 5.74) is 4.00. The largest absolute Gasteiger partial charge is 0.337 e. The molecule has 4 heteroatoms. The molecular weight excluding hydrogens is 540 g/mol. The summed E-state index contributed by atoms with van der Waals surface area (Å²) in [6.45, 7) is 1.58. The highest BCUT2D eigenvalue weighted by Gasteiger charge is 2.15. The van der Waals surface area contributed by atoms with Crippen molar-refractivity contribution in [3.8, 4) is 0 Å². The molecule has 0 fully saturated rings. The molecule has 0 radical (unpaired) electrons. The van der Waals surface area contributed by atoms with Gasteiger partial charge in [0, 0.05) is 56.4 Å². The fraction of sp³-hybridized carbons (Fsp3) is 0.150. The van der Waals surface area contributed by atoms with Crippen LogP contribution in [0.15, 0.2) is 131 Å². The lowest BCUT2D eigenvalue weighted by Crippen LogP contribution is -2.08. The van der Waals surface area contributed by atoms with Gasteiger partial charge in [-0.3, -0.25) is 9.59 Å². The zero-order valence-corrected chi connectivity index (χ0v) is 24.5. The van der Waals surface area contributed by atoms with Gasteiger partial charge in [-0.1, -0.05) is 122 Å². The van der Waals surface area contributed by atoms with Gasteiger partial charge in [0.15, 0.2) is 0 Å². The van der Waals surface area contributed by atoms with Crippen molar-refractivity contribution in [2.75, 3.05) is 0 Å². The third kappa shape index (κ3) is 4.21. The van der Waals surface area contributed by atoms with Crippen LogP contribution in [0.5, 0.6) is 0 Å². The van der Waals surface area contributed by atoms with Crippen molar-refractivity contribution in [3.63, 3.8) is 0 Å². The molecule has 8 aromatic rings. The van der Waals surface area contributed by atoms with Gasteiger partial charge < -0.3 is 9.13 Å². The second-order valence-corrected chi connectivity index (χ2v) is 11.8. The van der Waals surface area contributed by atoms with Gasteiger partial charge in [0.05, 0.1) is 11.0 Å². The molecule has 0 aliphatic heterocycles. The molecule has 0 saturated heterocycles. The van der Waals surface area contributed by atoms with Crippen LogP contribution < -0.4 is 10.9 Å². The fourth-order valence-corrected chi connectivity index (χ4v) is 7.15. The van der Waals surface area contributed by atoms with Gasteiger partial charge >= 0.3 is 0 Å². The quantitative estimate of drug-likeness (QED) is 0.179. The molecule has 0 amide bonds. The Labute approximate surface area is 254 Å². The second-order valence-electron chi connectivity index (χ2n) is 11.8. The summed E-state index contributed by atoms with van der Waals surface area (Å²) < 4.78 is 4.47. The molecule has 2 heterocycles. The Balaban J connectivity index is 1.07. The predicted octanol–water partition coefficient (Wildman–Crippen LogP) is 9.19. The van der Waals surface area contributed by atoms with Crippen LogP contribution in [0.1, 0.15) is 25.7 Å². The van der Waals surface area contributed by atoms with Gasteiger partial charge in [0.25, 0.3) is 0 Å². The van der Waals surface area contributed by atoms with Crippen molar-refractivity contribution in [2.24, 2.45) is 0 Å². The van der Waals surface area contributed by atoms with Gasteiger partial charge in [-0.25, -0.2) is 0 Å². The molecule has 8 rings (SSSR count). The Morgan fingerprint density at radius 2 is 0.750 bits per heavy atom. The van der Waals surface area contributed by atoms with E-state index < -0.39 is 0 Å². The number of benzene rings is 4. The topological polar surface area (TPSA) is 44.0 Å². The highest BCUT2D eigenvalue weighted by Crippen LogP contribution is 2.30. The molecule has 0 spiro atoms. The summed E-state index contributed by atoms with van der Waals surface area (Å²) in [7, 11) is 0. The molecule has 0 aliphatic rings. The maximum atomic E-state index is 13.8. The van der Waals surface area contributed by atoms with Crippen LogP contribution in [0.4, 0.5) is 0 Å². The lowest BCUT2D eigenvalue weighted by atomic mass is 10.1. The first-order valence-corrected chi connectivity index (χ1v) is 15.6. The number of rotatable bonds is 7. The Bertz CT molecular complexity index is 2330. The Kier molecular flexibility index (Phi) is 6.48. The maximum Gasteiger partial charge on any atom is 0.210 e. The van der Waals surface area contributed by atoms with E-state index in [1.807, 2.05) is 60.7 Å². The predicted molar refractivity (Wildman–Crippen MR) is 185 cm³/mol. The molecule has 6 aromatic carbocycles. The number of nitrogens with zero attached hydrogens (tertiary/aromatic N) is 2. The molecule has 214 valence electrons. The number of unbranched alkanes of at least 4 members (excludes halogenated alkanes) is 3. The van der Waals surface area contributed by atoms with Gasteiger partial charge in [-0.2, -0.15) is 0 Å². The number of hydrogen-bond donors (Lipinski definition) is 0.